The summed E-state index contributed by atoms with van der Waals surface area (Å²) in [5.74, 6) is 0.609. The molecule has 3 heterocycles. The second-order valence-electron chi connectivity index (χ2n) is 6.61. The molecule has 0 radical (unpaired) electrons. The zero-order valence-electron chi connectivity index (χ0n) is 14.2. The number of carbonyl (C=O) groups is 1. The number of aromatic nitrogens is 3. The van der Waals surface area contributed by atoms with E-state index in [0.717, 1.165) is 19.5 Å². The maximum absolute atomic E-state index is 12.3. The first-order valence-electron chi connectivity index (χ1n) is 8.30. The lowest BCUT2D eigenvalue weighted by Crippen LogP contribution is -2.25. The van der Waals surface area contributed by atoms with Crippen molar-refractivity contribution in [3.05, 3.63) is 28.2 Å². The molecule has 1 N–H and O–H groups in total. The number of fused-ring (bicyclic) bond motifs is 1. The Morgan fingerprint density at radius 2 is 2.21 bits per heavy atom. The summed E-state index contributed by atoms with van der Waals surface area (Å²) < 4.78 is 1.70. The fourth-order valence-electron chi connectivity index (χ4n) is 3.22. The Labute approximate surface area is 140 Å². The van der Waals surface area contributed by atoms with Crippen molar-refractivity contribution < 1.29 is 9.90 Å². The van der Waals surface area contributed by atoms with Crippen LogP contribution in [0.2, 0.25) is 0 Å². The predicted octanol–water partition coefficient (Wildman–Crippen LogP) is 1.99. The van der Waals surface area contributed by atoms with Crippen LogP contribution in [0.4, 0.5) is 5.95 Å². The highest BCUT2D eigenvalue weighted by Crippen LogP contribution is 2.26. The van der Waals surface area contributed by atoms with Crippen molar-refractivity contribution in [1.29, 1.82) is 0 Å². The highest BCUT2D eigenvalue weighted by Gasteiger charge is 2.27. The lowest BCUT2D eigenvalue weighted by atomic mass is 9.95. The summed E-state index contributed by atoms with van der Waals surface area (Å²) in [6.07, 6.45) is 3.93. The maximum Gasteiger partial charge on any atom is 0.341 e. The number of hydrogen-bond donors (Lipinski definition) is 1. The van der Waals surface area contributed by atoms with E-state index in [9.17, 15) is 14.7 Å². The van der Waals surface area contributed by atoms with Gasteiger partial charge >= 0.3 is 5.97 Å². The fourth-order valence-corrected chi connectivity index (χ4v) is 3.22. The van der Waals surface area contributed by atoms with Gasteiger partial charge in [-0.1, -0.05) is 13.8 Å². The molecular weight excluding hydrogens is 308 g/mol. The molecule has 1 fully saturated rings. The van der Waals surface area contributed by atoms with E-state index in [1.165, 1.54) is 12.4 Å². The van der Waals surface area contributed by atoms with Crippen molar-refractivity contribution in [3.63, 3.8) is 0 Å². The van der Waals surface area contributed by atoms with Crippen molar-refractivity contribution in [2.45, 2.75) is 33.7 Å². The standard InChI is InChI=1S/C17H22N4O3/c1-4-20-9-13(16(23)24)14(22)12-7-18-17(19-15(12)20)21-6-5-11(8-21)10(2)3/h7,9-11H,4-6,8H2,1-3H3,(H,23,24). The van der Waals surface area contributed by atoms with Crippen LogP contribution in [-0.2, 0) is 6.54 Å². The number of carboxylic acid groups (broad SMARTS) is 1. The summed E-state index contributed by atoms with van der Waals surface area (Å²) in [6.45, 7) is 8.67. The van der Waals surface area contributed by atoms with Gasteiger partial charge in [0, 0.05) is 32.0 Å². The first-order valence-corrected chi connectivity index (χ1v) is 8.30. The second kappa shape index (κ2) is 6.22. The van der Waals surface area contributed by atoms with Crippen LogP contribution in [-0.4, -0.2) is 38.7 Å². The van der Waals surface area contributed by atoms with Gasteiger partial charge in [-0.2, -0.15) is 4.98 Å². The third-order valence-electron chi connectivity index (χ3n) is 4.82. The monoisotopic (exact) mass is 330 g/mol. The molecule has 0 spiro atoms. The molecule has 1 aliphatic rings. The molecule has 0 aromatic carbocycles. The summed E-state index contributed by atoms with van der Waals surface area (Å²) in [5.41, 5.74) is -0.289. The molecule has 7 nitrogen and oxygen atoms in total. The minimum absolute atomic E-state index is 0.248. The van der Waals surface area contributed by atoms with Crippen LogP contribution < -0.4 is 10.3 Å². The minimum atomic E-state index is -1.23. The van der Waals surface area contributed by atoms with E-state index >= 15 is 0 Å². The molecule has 1 atom stereocenters. The molecule has 0 amide bonds. The van der Waals surface area contributed by atoms with Gasteiger partial charge in [-0.3, -0.25) is 4.79 Å². The van der Waals surface area contributed by atoms with E-state index < -0.39 is 11.4 Å². The average Bonchev–Trinajstić information content (AvgIpc) is 3.05. The van der Waals surface area contributed by atoms with Crippen LogP contribution in [0.15, 0.2) is 17.2 Å². The summed E-state index contributed by atoms with van der Waals surface area (Å²) >= 11 is 0. The van der Waals surface area contributed by atoms with Gasteiger partial charge in [0.2, 0.25) is 11.4 Å². The van der Waals surface area contributed by atoms with Gasteiger partial charge in [0.25, 0.3) is 0 Å². The zero-order chi connectivity index (χ0) is 17.4. The van der Waals surface area contributed by atoms with Crippen molar-refractivity contribution in [2.75, 3.05) is 18.0 Å². The Morgan fingerprint density at radius 3 is 2.79 bits per heavy atom. The van der Waals surface area contributed by atoms with E-state index in [4.69, 9.17) is 0 Å². The van der Waals surface area contributed by atoms with E-state index in [1.54, 1.807) is 4.57 Å². The number of aryl methyl sites for hydroxylation is 1. The molecule has 0 aliphatic carbocycles. The van der Waals surface area contributed by atoms with Crippen molar-refractivity contribution in [3.8, 4) is 0 Å². The Hall–Kier alpha value is -2.44. The average molecular weight is 330 g/mol. The summed E-state index contributed by atoms with van der Waals surface area (Å²) in [4.78, 5) is 34.6. The molecule has 0 bridgehead atoms. The van der Waals surface area contributed by atoms with Crippen LogP contribution in [0, 0.1) is 11.8 Å². The van der Waals surface area contributed by atoms with Gasteiger partial charge in [-0.15, -0.1) is 0 Å². The van der Waals surface area contributed by atoms with E-state index in [0.29, 0.717) is 30.0 Å². The van der Waals surface area contributed by atoms with Crippen molar-refractivity contribution >= 4 is 23.0 Å². The molecule has 1 unspecified atom stereocenters. The number of anilines is 1. The SMILES string of the molecule is CCn1cc(C(=O)O)c(=O)c2cnc(N3CCC(C(C)C)C3)nc21. The molecule has 128 valence electrons. The Bertz CT molecular complexity index is 844. The molecule has 7 heteroatoms. The topological polar surface area (TPSA) is 88.3 Å². The quantitative estimate of drug-likeness (QED) is 0.922. The lowest BCUT2D eigenvalue weighted by molar-refractivity contribution is 0.0695. The Kier molecular flexibility index (Phi) is 4.26. The van der Waals surface area contributed by atoms with Crippen LogP contribution in [0.1, 0.15) is 37.6 Å². The third kappa shape index (κ3) is 2.74. The molecule has 2 aromatic heterocycles. The Balaban J connectivity index is 2.07. The molecule has 3 rings (SSSR count). The zero-order valence-corrected chi connectivity index (χ0v) is 14.2. The largest absolute Gasteiger partial charge is 0.477 e. The van der Waals surface area contributed by atoms with Crippen molar-refractivity contribution in [2.24, 2.45) is 11.8 Å². The number of rotatable bonds is 4. The van der Waals surface area contributed by atoms with E-state index in [2.05, 4.69) is 28.7 Å². The molecule has 0 saturated carbocycles. The third-order valence-corrected chi connectivity index (χ3v) is 4.82. The number of nitrogens with zero attached hydrogens (tertiary/aromatic N) is 4. The summed E-state index contributed by atoms with van der Waals surface area (Å²) in [6, 6.07) is 0. The number of hydrogen-bond acceptors (Lipinski definition) is 5. The second-order valence-corrected chi connectivity index (χ2v) is 6.61. The highest BCUT2D eigenvalue weighted by molar-refractivity contribution is 5.91. The first kappa shape index (κ1) is 16.4. The van der Waals surface area contributed by atoms with Gasteiger partial charge in [-0.25, -0.2) is 9.78 Å². The minimum Gasteiger partial charge on any atom is -0.477 e. The molecular formula is C17H22N4O3. The first-order chi connectivity index (χ1) is 11.4. The number of carboxylic acids is 1. The smallest absolute Gasteiger partial charge is 0.341 e. The van der Waals surface area contributed by atoms with Crippen LogP contribution >= 0.6 is 0 Å². The molecule has 24 heavy (non-hydrogen) atoms. The molecule has 2 aromatic rings. The Morgan fingerprint density at radius 1 is 1.46 bits per heavy atom. The maximum atomic E-state index is 12.3. The number of pyridine rings is 1. The predicted molar refractivity (Wildman–Crippen MR) is 91.6 cm³/mol. The van der Waals surface area contributed by atoms with Crippen molar-refractivity contribution in [1.82, 2.24) is 14.5 Å². The summed E-state index contributed by atoms with van der Waals surface area (Å²) in [7, 11) is 0. The highest BCUT2D eigenvalue weighted by atomic mass is 16.4. The normalized spacial score (nSPS) is 17.8. The van der Waals surface area contributed by atoms with Crippen LogP contribution in [0.3, 0.4) is 0 Å². The van der Waals surface area contributed by atoms with Crippen LogP contribution in [0.25, 0.3) is 11.0 Å². The van der Waals surface area contributed by atoms with Gasteiger partial charge in [0.05, 0.1) is 5.39 Å². The van der Waals surface area contributed by atoms with Gasteiger partial charge in [0.15, 0.2) is 0 Å². The summed E-state index contributed by atoms with van der Waals surface area (Å²) in [5, 5.41) is 9.44. The van der Waals surface area contributed by atoms with Gasteiger partial charge < -0.3 is 14.6 Å². The van der Waals surface area contributed by atoms with E-state index in [1.807, 2.05) is 6.92 Å². The van der Waals surface area contributed by atoms with Gasteiger partial charge in [-0.05, 0) is 25.2 Å². The lowest BCUT2D eigenvalue weighted by Gasteiger charge is -2.19. The fraction of sp³-hybridized carbons (Fsp3) is 0.529. The van der Waals surface area contributed by atoms with Crippen LogP contribution in [0.5, 0.6) is 0 Å². The van der Waals surface area contributed by atoms with Gasteiger partial charge in [0.1, 0.15) is 11.2 Å². The molecule has 1 aliphatic heterocycles. The molecule has 1 saturated heterocycles. The van der Waals surface area contributed by atoms with E-state index in [-0.39, 0.29) is 10.9 Å². The number of aromatic carboxylic acids is 1.